The number of amides is 2. The van der Waals surface area contributed by atoms with Crippen molar-refractivity contribution in [1.82, 2.24) is 10.2 Å². The van der Waals surface area contributed by atoms with Crippen LogP contribution < -0.4 is 5.32 Å². The van der Waals surface area contributed by atoms with Crippen LogP contribution in [0.1, 0.15) is 27.7 Å². The van der Waals surface area contributed by atoms with Gasteiger partial charge in [-0.05, 0) is 27.7 Å². The van der Waals surface area contributed by atoms with Crippen molar-refractivity contribution >= 4 is 12.0 Å². The number of carbonyl (C=O) groups excluding carboxylic acids is 1. The molecule has 0 fully saturated rings. The summed E-state index contributed by atoms with van der Waals surface area (Å²) in [6.45, 7) is 7.94. The van der Waals surface area contributed by atoms with E-state index in [1.807, 2.05) is 13.8 Å². The molecule has 0 aliphatic rings. The van der Waals surface area contributed by atoms with Gasteiger partial charge >= 0.3 is 12.0 Å². The van der Waals surface area contributed by atoms with Crippen LogP contribution in [0.3, 0.4) is 0 Å². The van der Waals surface area contributed by atoms with E-state index in [2.05, 4.69) is 5.32 Å². The highest BCUT2D eigenvalue weighted by Gasteiger charge is 2.20. The zero-order valence-corrected chi connectivity index (χ0v) is 10.9. The maximum atomic E-state index is 11.8. The van der Waals surface area contributed by atoms with Gasteiger partial charge in [-0.2, -0.15) is 0 Å². The van der Waals surface area contributed by atoms with E-state index in [1.165, 1.54) is 4.90 Å². The third kappa shape index (κ3) is 6.78. The summed E-state index contributed by atoms with van der Waals surface area (Å²) in [5.74, 6) is -1.02. The minimum atomic E-state index is -1.02. The van der Waals surface area contributed by atoms with Crippen molar-refractivity contribution in [2.24, 2.45) is 0 Å². The van der Waals surface area contributed by atoms with Crippen LogP contribution in [0.2, 0.25) is 0 Å². The molecule has 0 saturated carbocycles. The predicted octanol–water partition coefficient (Wildman–Crippen LogP) is 0.916. The first kappa shape index (κ1) is 15.7. The van der Waals surface area contributed by atoms with Gasteiger partial charge in [0.1, 0.15) is 6.54 Å². The highest BCUT2D eigenvalue weighted by Crippen LogP contribution is 1.99. The van der Waals surface area contributed by atoms with Crippen LogP contribution in [0.4, 0.5) is 4.79 Å². The van der Waals surface area contributed by atoms with Gasteiger partial charge in [0.2, 0.25) is 0 Å². The predicted molar refractivity (Wildman–Crippen MR) is 64.0 cm³/mol. The van der Waals surface area contributed by atoms with Crippen molar-refractivity contribution < 1.29 is 19.4 Å². The fourth-order valence-electron chi connectivity index (χ4n) is 1.26. The molecule has 1 atom stereocenters. The Hall–Kier alpha value is -1.30. The summed E-state index contributed by atoms with van der Waals surface area (Å²) in [5, 5.41) is 11.4. The third-order valence-electron chi connectivity index (χ3n) is 2.13. The molecule has 100 valence electrons. The van der Waals surface area contributed by atoms with E-state index in [1.54, 1.807) is 13.8 Å². The molecule has 0 saturated heterocycles. The maximum Gasteiger partial charge on any atom is 0.323 e. The van der Waals surface area contributed by atoms with Crippen molar-refractivity contribution in [3.63, 3.8) is 0 Å². The molecule has 0 aromatic heterocycles. The molecule has 1 unspecified atom stereocenters. The Kier molecular flexibility index (Phi) is 7.29. The number of nitrogens with zero attached hydrogens (tertiary/aromatic N) is 1. The summed E-state index contributed by atoms with van der Waals surface area (Å²) in [4.78, 5) is 23.7. The summed E-state index contributed by atoms with van der Waals surface area (Å²) in [5.41, 5.74) is 0. The molecule has 6 nitrogen and oxygen atoms in total. The molecule has 0 aliphatic heterocycles. The second-order valence-corrected chi connectivity index (χ2v) is 4.13. The lowest BCUT2D eigenvalue weighted by Gasteiger charge is -2.27. The fourth-order valence-corrected chi connectivity index (χ4v) is 1.26. The normalized spacial score (nSPS) is 12.3. The molecule has 2 N–H and O–H groups in total. The van der Waals surface area contributed by atoms with E-state index in [4.69, 9.17) is 9.84 Å². The Morgan fingerprint density at radius 3 is 2.35 bits per heavy atom. The first-order valence-electron chi connectivity index (χ1n) is 5.75. The largest absolute Gasteiger partial charge is 0.480 e. The lowest BCUT2D eigenvalue weighted by atomic mass is 10.3. The summed E-state index contributed by atoms with van der Waals surface area (Å²) in [6, 6.07) is -0.683. The molecular weight excluding hydrogens is 224 g/mol. The molecule has 0 bridgehead atoms. The highest BCUT2D eigenvalue weighted by atomic mass is 16.5. The molecule has 0 rings (SSSR count). The van der Waals surface area contributed by atoms with E-state index in [0.29, 0.717) is 13.2 Å². The zero-order chi connectivity index (χ0) is 13.4. The molecule has 0 aromatic rings. The molecule has 6 heteroatoms. The number of hydrogen-bond acceptors (Lipinski definition) is 3. The topological polar surface area (TPSA) is 78.9 Å². The van der Waals surface area contributed by atoms with Crippen molar-refractivity contribution in [3.8, 4) is 0 Å². The van der Waals surface area contributed by atoms with Crippen LogP contribution in [-0.2, 0) is 9.53 Å². The van der Waals surface area contributed by atoms with Gasteiger partial charge in [-0.15, -0.1) is 0 Å². The van der Waals surface area contributed by atoms with E-state index in [9.17, 15) is 9.59 Å². The van der Waals surface area contributed by atoms with Gasteiger partial charge in [0.05, 0.1) is 12.6 Å². The number of urea groups is 1. The van der Waals surface area contributed by atoms with Gasteiger partial charge in [-0.25, -0.2) is 4.79 Å². The average Bonchev–Trinajstić information content (AvgIpc) is 2.22. The van der Waals surface area contributed by atoms with Crippen LogP contribution in [0.5, 0.6) is 0 Å². The maximum absolute atomic E-state index is 11.8. The number of ether oxygens (including phenoxy) is 1. The van der Waals surface area contributed by atoms with E-state index in [-0.39, 0.29) is 24.7 Å². The van der Waals surface area contributed by atoms with Crippen LogP contribution in [-0.4, -0.2) is 53.8 Å². The number of hydrogen-bond donors (Lipinski definition) is 2. The van der Waals surface area contributed by atoms with E-state index in [0.717, 1.165) is 0 Å². The number of carboxylic acid groups (broad SMARTS) is 1. The molecular formula is C11H22N2O4. The molecule has 0 spiro atoms. The lowest BCUT2D eigenvalue weighted by Crippen LogP contribution is -2.49. The molecule has 17 heavy (non-hydrogen) atoms. The number of carbonyl (C=O) groups is 2. The Bertz CT molecular complexity index is 256. The van der Waals surface area contributed by atoms with E-state index >= 15 is 0 Å². The molecule has 0 aliphatic carbocycles. The van der Waals surface area contributed by atoms with Crippen LogP contribution in [0.15, 0.2) is 0 Å². The summed E-state index contributed by atoms with van der Waals surface area (Å²) < 4.78 is 5.17. The standard InChI is InChI=1S/C11H22N2O4/c1-5-17-7-9(4)12-11(16)13(8(2)3)6-10(14)15/h8-9H,5-7H2,1-4H3,(H,12,16)(H,14,15). The fraction of sp³-hybridized carbons (Fsp3) is 0.818. The molecule has 2 amide bonds. The Morgan fingerprint density at radius 2 is 1.94 bits per heavy atom. The van der Waals surface area contributed by atoms with Gasteiger partial charge in [0, 0.05) is 12.6 Å². The molecule has 0 radical (unpaired) electrons. The zero-order valence-electron chi connectivity index (χ0n) is 10.9. The minimum absolute atomic E-state index is 0.141. The Labute approximate surface area is 102 Å². The van der Waals surface area contributed by atoms with Crippen molar-refractivity contribution in [2.45, 2.75) is 39.8 Å². The summed E-state index contributed by atoms with van der Waals surface area (Å²) >= 11 is 0. The number of nitrogens with one attached hydrogen (secondary N) is 1. The quantitative estimate of drug-likeness (QED) is 0.700. The van der Waals surface area contributed by atoms with E-state index < -0.39 is 5.97 Å². The number of carboxylic acids is 1. The van der Waals surface area contributed by atoms with Gasteiger partial charge in [0.25, 0.3) is 0 Å². The lowest BCUT2D eigenvalue weighted by molar-refractivity contribution is -0.138. The monoisotopic (exact) mass is 246 g/mol. The second kappa shape index (κ2) is 7.89. The minimum Gasteiger partial charge on any atom is -0.480 e. The Morgan fingerprint density at radius 1 is 1.35 bits per heavy atom. The first-order chi connectivity index (χ1) is 7.88. The van der Waals surface area contributed by atoms with Crippen molar-refractivity contribution in [2.75, 3.05) is 19.8 Å². The van der Waals surface area contributed by atoms with Crippen LogP contribution >= 0.6 is 0 Å². The van der Waals surface area contributed by atoms with Gasteiger partial charge in [-0.1, -0.05) is 0 Å². The van der Waals surface area contributed by atoms with Gasteiger partial charge in [-0.3, -0.25) is 4.79 Å². The highest BCUT2D eigenvalue weighted by molar-refractivity contribution is 5.80. The third-order valence-corrected chi connectivity index (χ3v) is 2.13. The van der Waals surface area contributed by atoms with Gasteiger partial charge in [0.15, 0.2) is 0 Å². The van der Waals surface area contributed by atoms with Crippen LogP contribution in [0, 0.1) is 0 Å². The summed E-state index contributed by atoms with van der Waals surface area (Å²) in [7, 11) is 0. The van der Waals surface area contributed by atoms with Crippen LogP contribution in [0.25, 0.3) is 0 Å². The first-order valence-corrected chi connectivity index (χ1v) is 5.75. The number of rotatable bonds is 7. The average molecular weight is 246 g/mol. The van der Waals surface area contributed by atoms with Gasteiger partial charge < -0.3 is 20.1 Å². The van der Waals surface area contributed by atoms with Crippen molar-refractivity contribution in [3.05, 3.63) is 0 Å². The smallest absolute Gasteiger partial charge is 0.323 e. The Balaban J connectivity index is 4.27. The van der Waals surface area contributed by atoms with Crippen molar-refractivity contribution in [1.29, 1.82) is 0 Å². The number of aliphatic carboxylic acids is 1. The SMILES string of the molecule is CCOCC(C)NC(=O)N(CC(=O)O)C(C)C. The molecule has 0 aromatic carbocycles. The second-order valence-electron chi connectivity index (χ2n) is 4.13. The molecule has 0 heterocycles. The summed E-state index contributed by atoms with van der Waals surface area (Å²) in [6.07, 6.45) is 0.